The van der Waals surface area contributed by atoms with Crippen LogP contribution in [0.2, 0.25) is 0 Å². The average molecular weight is 388 g/mol. The number of halogens is 1. The third-order valence-electron chi connectivity index (χ3n) is 4.82. The van der Waals surface area contributed by atoms with Crippen LogP contribution in [0.25, 0.3) is 5.65 Å². The number of sulfonamides is 1. The Bertz CT molecular complexity index is 1010. The first-order chi connectivity index (χ1) is 13.0. The maximum atomic E-state index is 13.8. The molecule has 0 N–H and O–H groups in total. The lowest BCUT2D eigenvalue weighted by molar-refractivity contribution is 0.180. The first kappa shape index (κ1) is 18.1. The molecule has 1 aromatic carbocycles. The number of benzene rings is 1. The molecule has 8 heteroatoms. The monoisotopic (exact) mass is 388 g/mol. The largest absolute Gasteiger partial charge is 0.307 e. The number of nitrogens with zero attached hydrogens (tertiary/aromatic N) is 4. The van der Waals surface area contributed by atoms with Gasteiger partial charge in [-0.2, -0.15) is 4.31 Å². The van der Waals surface area contributed by atoms with Gasteiger partial charge in [0.05, 0.1) is 11.4 Å². The van der Waals surface area contributed by atoms with E-state index in [1.165, 1.54) is 16.4 Å². The van der Waals surface area contributed by atoms with Crippen LogP contribution < -0.4 is 0 Å². The van der Waals surface area contributed by atoms with Gasteiger partial charge in [-0.1, -0.05) is 24.3 Å². The summed E-state index contributed by atoms with van der Waals surface area (Å²) in [6, 6.07) is 11.9. The molecule has 3 heterocycles. The highest BCUT2D eigenvalue weighted by Crippen LogP contribution is 2.17. The van der Waals surface area contributed by atoms with Crippen LogP contribution in [0.4, 0.5) is 4.39 Å². The van der Waals surface area contributed by atoms with Crippen LogP contribution in [0.1, 0.15) is 11.3 Å². The normalized spacial score (nSPS) is 16.8. The van der Waals surface area contributed by atoms with E-state index in [0.717, 1.165) is 11.3 Å². The SMILES string of the molecule is O=S(=O)(Cc1ccccc1F)N1CCN(Cc2cn3ccccc3n2)CC1. The van der Waals surface area contributed by atoms with E-state index in [0.29, 0.717) is 32.7 Å². The van der Waals surface area contributed by atoms with Gasteiger partial charge in [-0.3, -0.25) is 4.90 Å². The number of imidazole rings is 1. The van der Waals surface area contributed by atoms with E-state index in [4.69, 9.17) is 0 Å². The fraction of sp³-hybridized carbons (Fsp3) is 0.316. The van der Waals surface area contributed by atoms with Crippen molar-refractivity contribution in [3.8, 4) is 0 Å². The average Bonchev–Trinajstić information content (AvgIpc) is 3.06. The fourth-order valence-electron chi connectivity index (χ4n) is 3.36. The molecule has 0 aliphatic carbocycles. The van der Waals surface area contributed by atoms with Gasteiger partial charge in [-0.15, -0.1) is 0 Å². The maximum Gasteiger partial charge on any atom is 0.218 e. The molecule has 4 rings (SSSR count). The zero-order valence-corrected chi connectivity index (χ0v) is 15.6. The van der Waals surface area contributed by atoms with Gasteiger partial charge < -0.3 is 4.40 Å². The second kappa shape index (κ2) is 7.38. The molecule has 27 heavy (non-hydrogen) atoms. The third kappa shape index (κ3) is 4.02. The third-order valence-corrected chi connectivity index (χ3v) is 6.65. The molecule has 3 aromatic rings. The zero-order valence-electron chi connectivity index (χ0n) is 14.8. The minimum atomic E-state index is -3.53. The van der Waals surface area contributed by atoms with E-state index in [1.54, 1.807) is 12.1 Å². The summed E-state index contributed by atoms with van der Waals surface area (Å²) in [7, 11) is -3.53. The summed E-state index contributed by atoms with van der Waals surface area (Å²) in [6.45, 7) is 2.76. The van der Waals surface area contributed by atoms with Crippen molar-refractivity contribution in [2.45, 2.75) is 12.3 Å². The van der Waals surface area contributed by atoms with Crippen molar-refractivity contribution < 1.29 is 12.8 Å². The quantitative estimate of drug-likeness (QED) is 0.672. The van der Waals surface area contributed by atoms with E-state index in [1.807, 2.05) is 35.0 Å². The van der Waals surface area contributed by atoms with Gasteiger partial charge in [0.25, 0.3) is 0 Å². The topological polar surface area (TPSA) is 57.9 Å². The number of fused-ring (bicyclic) bond motifs is 1. The molecule has 1 aliphatic heterocycles. The summed E-state index contributed by atoms with van der Waals surface area (Å²) in [4.78, 5) is 6.78. The predicted octanol–water partition coefficient (Wildman–Crippen LogP) is 2.12. The molecule has 1 saturated heterocycles. The highest BCUT2D eigenvalue weighted by molar-refractivity contribution is 7.88. The van der Waals surface area contributed by atoms with Gasteiger partial charge in [0, 0.05) is 50.7 Å². The number of pyridine rings is 1. The van der Waals surface area contributed by atoms with Crippen molar-refractivity contribution in [1.82, 2.24) is 18.6 Å². The molecule has 142 valence electrons. The Hall–Kier alpha value is -2.29. The maximum absolute atomic E-state index is 13.8. The Morgan fingerprint density at radius 3 is 2.48 bits per heavy atom. The second-order valence-corrected chi connectivity index (χ2v) is 8.69. The van der Waals surface area contributed by atoms with Crippen LogP contribution in [0, 0.1) is 5.82 Å². The van der Waals surface area contributed by atoms with Crippen molar-refractivity contribution >= 4 is 15.7 Å². The molecule has 0 atom stereocenters. The summed E-state index contributed by atoms with van der Waals surface area (Å²) in [5.41, 5.74) is 2.08. The predicted molar refractivity (Wildman–Crippen MR) is 101 cm³/mol. The minimum absolute atomic E-state index is 0.213. The Balaban J connectivity index is 1.37. The molecule has 2 aromatic heterocycles. The molecule has 1 fully saturated rings. The molecule has 0 radical (unpaired) electrons. The van der Waals surface area contributed by atoms with Crippen LogP contribution in [0.5, 0.6) is 0 Å². The van der Waals surface area contributed by atoms with Gasteiger partial charge in [-0.05, 0) is 18.2 Å². The smallest absolute Gasteiger partial charge is 0.218 e. The molecule has 1 aliphatic rings. The van der Waals surface area contributed by atoms with Crippen LogP contribution in [-0.2, 0) is 22.3 Å². The van der Waals surface area contributed by atoms with E-state index < -0.39 is 15.8 Å². The molecule has 0 amide bonds. The lowest BCUT2D eigenvalue weighted by Crippen LogP contribution is -2.48. The van der Waals surface area contributed by atoms with Crippen LogP contribution in [0.3, 0.4) is 0 Å². The van der Waals surface area contributed by atoms with Gasteiger partial charge >= 0.3 is 0 Å². The number of rotatable bonds is 5. The van der Waals surface area contributed by atoms with Crippen molar-refractivity contribution in [2.75, 3.05) is 26.2 Å². The molecule has 0 spiro atoms. The molecular formula is C19H21FN4O2S. The highest BCUT2D eigenvalue weighted by atomic mass is 32.2. The van der Waals surface area contributed by atoms with Gasteiger partial charge in [0.15, 0.2) is 0 Å². The Labute approximate surface area is 157 Å². The van der Waals surface area contributed by atoms with Crippen molar-refractivity contribution in [3.63, 3.8) is 0 Å². The molecule has 6 nitrogen and oxygen atoms in total. The van der Waals surface area contributed by atoms with Crippen LogP contribution >= 0.6 is 0 Å². The summed E-state index contributed by atoms with van der Waals surface area (Å²) in [5.74, 6) is -0.780. The molecule has 0 bridgehead atoms. The molecule has 0 unspecified atom stereocenters. The van der Waals surface area contributed by atoms with E-state index in [-0.39, 0.29) is 11.3 Å². The van der Waals surface area contributed by atoms with Gasteiger partial charge in [-0.25, -0.2) is 17.8 Å². The number of piperazine rings is 1. The second-order valence-electron chi connectivity index (χ2n) is 6.72. The van der Waals surface area contributed by atoms with E-state index in [9.17, 15) is 12.8 Å². The Morgan fingerprint density at radius 2 is 1.74 bits per heavy atom. The summed E-state index contributed by atoms with van der Waals surface area (Å²) in [6.07, 6.45) is 3.95. The summed E-state index contributed by atoms with van der Waals surface area (Å²) in [5, 5.41) is 0. The van der Waals surface area contributed by atoms with E-state index in [2.05, 4.69) is 9.88 Å². The number of aromatic nitrogens is 2. The van der Waals surface area contributed by atoms with Crippen molar-refractivity contribution in [1.29, 1.82) is 0 Å². The first-order valence-corrected chi connectivity index (χ1v) is 10.5. The first-order valence-electron chi connectivity index (χ1n) is 8.87. The number of hydrogen-bond acceptors (Lipinski definition) is 4. The van der Waals surface area contributed by atoms with Gasteiger partial charge in [0.1, 0.15) is 11.5 Å². The number of hydrogen-bond donors (Lipinski definition) is 0. The zero-order chi connectivity index (χ0) is 18.9. The van der Waals surface area contributed by atoms with Crippen molar-refractivity contribution in [3.05, 3.63) is 71.9 Å². The highest BCUT2D eigenvalue weighted by Gasteiger charge is 2.28. The van der Waals surface area contributed by atoms with Crippen LogP contribution in [0.15, 0.2) is 54.9 Å². The Morgan fingerprint density at radius 1 is 1.00 bits per heavy atom. The van der Waals surface area contributed by atoms with Crippen molar-refractivity contribution in [2.24, 2.45) is 0 Å². The Kier molecular flexibility index (Phi) is 4.94. The summed E-state index contributed by atoms with van der Waals surface area (Å²) >= 11 is 0. The molecular weight excluding hydrogens is 367 g/mol. The van der Waals surface area contributed by atoms with Crippen LogP contribution in [-0.4, -0.2) is 53.2 Å². The summed E-state index contributed by atoms with van der Waals surface area (Å²) < 4.78 is 42.4. The molecule has 0 saturated carbocycles. The lowest BCUT2D eigenvalue weighted by atomic mass is 10.2. The van der Waals surface area contributed by atoms with Gasteiger partial charge in [0.2, 0.25) is 10.0 Å². The minimum Gasteiger partial charge on any atom is -0.307 e. The van der Waals surface area contributed by atoms with E-state index >= 15 is 0 Å². The lowest BCUT2D eigenvalue weighted by Gasteiger charge is -2.33. The fourth-order valence-corrected chi connectivity index (χ4v) is 4.89. The standard InChI is InChI=1S/C19H21FN4O2S/c20-18-6-2-1-5-16(18)15-27(25,26)24-11-9-22(10-12-24)13-17-14-23-8-4-3-7-19(23)21-17/h1-8,14H,9-13,15H2.